The lowest BCUT2D eigenvalue weighted by Gasteiger charge is -2.16. The maximum absolute atomic E-state index is 10.3. The standard InChI is InChI=1S/C12H24O2/c1-3-5-6-8-12(9-7-10-13)14-11-4-2/h10,12H,3-9,11H2,1-2H3. The van der Waals surface area contributed by atoms with Crippen LogP contribution in [-0.2, 0) is 9.53 Å². The van der Waals surface area contributed by atoms with Crippen LogP contribution in [0.5, 0.6) is 0 Å². The predicted molar refractivity (Wildman–Crippen MR) is 59.5 cm³/mol. The van der Waals surface area contributed by atoms with Gasteiger partial charge >= 0.3 is 0 Å². The molecule has 0 radical (unpaired) electrons. The van der Waals surface area contributed by atoms with Gasteiger partial charge in [0.1, 0.15) is 6.29 Å². The average Bonchev–Trinajstić information content (AvgIpc) is 2.21. The highest BCUT2D eigenvalue weighted by atomic mass is 16.5. The van der Waals surface area contributed by atoms with Crippen LogP contribution in [0.1, 0.15) is 58.8 Å². The first-order valence-corrected chi connectivity index (χ1v) is 5.90. The van der Waals surface area contributed by atoms with Gasteiger partial charge in [-0.15, -0.1) is 0 Å². The normalized spacial score (nSPS) is 12.7. The van der Waals surface area contributed by atoms with Gasteiger partial charge < -0.3 is 9.53 Å². The van der Waals surface area contributed by atoms with E-state index in [1.165, 1.54) is 19.3 Å². The molecular weight excluding hydrogens is 176 g/mol. The SMILES string of the molecule is CCCCCC(CCC=O)OCCC. The molecule has 0 fully saturated rings. The van der Waals surface area contributed by atoms with Gasteiger partial charge in [0.25, 0.3) is 0 Å². The Morgan fingerprint density at radius 1 is 1.14 bits per heavy atom. The van der Waals surface area contributed by atoms with Crippen LogP contribution in [0, 0.1) is 0 Å². The fourth-order valence-electron chi connectivity index (χ4n) is 1.47. The molecule has 0 spiro atoms. The molecule has 0 aromatic carbocycles. The lowest BCUT2D eigenvalue weighted by Crippen LogP contribution is -2.13. The molecule has 0 saturated heterocycles. The fourth-order valence-corrected chi connectivity index (χ4v) is 1.47. The smallest absolute Gasteiger partial charge is 0.120 e. The number of ether oxygens (including phenoxy) is 1. The van der Waals surface area contributed by atoms with Gasteiger partial charge in [-0.1, -0.05) is 33.1 Å². The molecule has 0 aliphatic heterocycles. The molecule has 0 aliphatic rings. The van der Waals surface area contributed by atoms with Crippen LogP contribution in [0.2, 0.25) is 0 Å². The van der Waals surface area contributed by atoms with Crippen LogP contribution in [0.4, 0.5) is 0 Å². The van der Waals surface area contributed by atoms with Gasteiger partial charge in [0.05, 0.1) is 6.10 Å². The van der Waals surface area contributed by atoms with Gasteiger partial charge in [0, 0.05) is 13.0 Å². The number of unbranched alkanes of at least 4 members (excludes halogenated alkanes) is 2. The first-order valence-electron chi connectivity index (χ1n) is 5.90. The molecule has 2 nitrogen and oxygen atoms in total. The second-order valence-corrected chi connectivity index (χ2v) is 3.73. The molecule has 14 heavy (non-hydrogen) atoms. The van der Waals surface area contributed by atoms with Crippen molar-refractivity contribution in [3.05, 3.63) is 0 Å². The molecule has 0 heterocycles. The average molecular weight is 200 g/mol. The van der Waals surface area contributed by atoms with Gasteiger partial charge in [-0.3, -0.25) is 0 Å². The van der Waals surface area contributed by atoms with Gasteiger partial charge in [-0.05, 0) is 19.3 Å². The maximum Gasteiger partial charge on any atom is 0.120 e. The van der Waals surface area contributed by atoms with Crippen molar-refractivity contribution in [1.82, 2.24) is 0 Å². The quantitative estimate of drug-likeness (QED) is 0.399. The summed E-state index contributed by atoms with van der Waals surface area (Å²) in [6.07, 6.45) is 8.75. The van der Waals surface area contributed by atoms with Gasteiger partial charge in [-0.2, -0.15) is 0 Å². The Kier molecular flexibility index (Phi) is 10.4. The molecule has 0 aromatic rings. The van der Waals surface area contributed by atoms with E-state index in [9.17, 15) is 4.79 Å². The van der Waals surface area contributed by atoms with Crippen molar-refractivity contribution in [1.29, 1.82) is 0 Å². The predicted octanol–water partition coefficient (Wildman–Crippen LogP) is 3.34. The number of aldehydes is 1. The lowest BCUT2D eigenvalue weighted by molar-refractivity contribution is -0.108. The van der Waals surface area contributed by atoms with Crippen molar-refractivity contribution in [2.75, 3.05) is 6.61 Å². The van der Waals surface area contributed by atoms with Gasteiger partial charge in [0.2, 0.25) is 0 Å². The summed E-state index contributed by atoms with van der Waals surface area (Å²) >= 11 is 0. The maximum atomic E-state index is 10.3. The molecule has 0 saturated carbocycles. The Labute approximate surface area is 88.0 Å². The molecule has 0 rings (SSSR count). The van der Waals surface area contributed by atoms with E-state index in [0.29, 0.717) is 12.5 Å². The Morgan fingerprint density at radius 2 is 1.93 bits per heavy atom. The number of hydrogen-bond acceptors (Lipinski definition) is 2. The summed E-state index contributed by atoms with van der Waals surface area (Å²) in [5, 5.41) is 0. The van der Waals surface area contributed by atoms with Crippen molar-refractivity contribution in [3.63, 3.8) is 0 Å². The van der Waals surface area contributed by atoms with E-state index in [0.717, 1.165) is 32.2 Å². The Balaban J connectivity index is 3.54. The lowest BCUT2D eigenvalue weighted by atomic mass is 10.1. The molecule has 1 atom stereocenters. The molecule has 0 aromatic heterocycles. The first kappa shape index (κ1) is 13.6. The summed E-state index contributed by atoms with van der Waals surface area (Å²) in [6.45, 7) is 5.14. The summed E-state index contributed by atoms with van der Waals surface area (Å²) in [5.74, 6) is 0. The van der Waals surface area contributed by atoms with Crippen LogP contribution >= 0.6 is 0 Å². The summed E-state index contributed by atoms with van der Waals surface area (Å²) < 4.78 is 5.68. The van der Waals surface area contributed by atoms with Crippen LogP contribution in [0.25, 0.3) is 0 Å². The molecule has 2 heteroatoms. The monoisotopic (exact) mass is 200 g/mol. The summed E-state index contributed by atoms with van der Waals surface area (Å²) in [6, 6.07) is 0. The van der Waals surface area contributed by atoms with Crippen molar-refractivity contribution in [2.45, 2.75) is 64.9 Å². The van der Waals surface area contributed by atoms with Crippen LogP contribution in [0.3, 0.4) is 0 Å². The minimum atomic E-state index is 0.312. The van der Waals surface area contributed by atoms with Crippen LogP contribution in [0.15, 0.2) is 0 Å². The zero-order valence-electron chi connectivity index (χ0n) is 9.63. The van der Waals surface area contributed by atoms with Gasteiger partial charge in [0.15, 0.2) is 0 Å². The highest BCUT2D eigenvalue weighted by Gasteiger charge is 2.07. The summed E-state index contributed by atoms with van der Waals surface area (Å²) in [7, 11) is 0. The molecule has 1 unspecified atom stereocenters. The Hall–Kier alpha value is -0.370. The molecule has 0 N–H and O–H groups in total. The third-order valence-electron chi connectivity index (χ3n) is 2.29. The van der Waals surface area contributed by atoms with E-state index in [-0.39, 0.29) is 0 Å². The largest absolute Gasteiger partial charge is 0.378 e. The molecule has 84 valence electrons. The molecular formula is C12H24O2. The van der Waals surface area contributed by atoms with E-state index in [1.807, 2.05) is 0 Å². The molecule has 0 aliphatic carbocycles. The second-order valence-electron chi connectivity index (χ2n) is 3.73. The number of carbonyl (C=O) groups excluding carboxylic acids is 1. The number of hydrogen-bond donors (Lipinski definition) is 0. The van der Waals surface area contributed by atoms with Crippen molar-refractivity contribution >= 4 is 6.29 Å². The van der Waals surface area contributed by atoms with E-state index < -0.39 is 0 Å². The van der Waals surface area contributed by atoms with E-state index in [2.05, 4.69) is 13.8 Å². The third kappa shape index (κ3) is 8.24. The molecule has 0 amide bonds. The zero-order chi connectivity index (χ0) is 10.6. The first-order chi connectivity index (χ1) is 6.85. The minimum Gasteiger partial charge on any atom is -0.378 e. The van der Waals surface area contributed by atoms with E-state index in [1.54, 1.807) is 0 Å². The van der Waals surface area contributed by atoms with Crippen LogP contribution in [-0.4, -0.2) is 19.0 Å². The highest BCUT2D eigenvalue weighted by Crippen LogP contribution is 2.11. The molecule has 0 bridgehead atoms. The van der Waals surface area contributed by atoms with Crippen LogP contribution < -0.4 is 0 Å². The third-order valence-corrected chi connectivity index (χ3v) is 2.29. The number of rotatable bonds is 10. The van der Waals surface area contributed by atoms with Gasteiger partial charge in [-0.25, -0.2) is 0 Å². The van der Waals surface area contributed by atoms with E-state index >= 15 is 0 Å². The Bertz CT molecular complexity index is 123. The summed E-state index contributed by atoms with van der Waals surface area (Å²) in [4.78, 5) is 10.3. The highest BCUT2D eigenvalue weighted by molar-refractivity contribution is 5.49. The van der Waals surface area contributed by atoms with Crippen molar-refractivity contribution in [3.8, 4) is 0 Å². The van der Waals surface area contributed by atoms with Crippen molar-refractivity contribution in [2.24, 2.45) is 0 Å². The fraction of sp³-hybridized carbons (Fsp3) is 0.917. The second kappa shape index (κ2) is 10.7. The number of carbonyl (C=O) groups is 1. The minimum absolute atomic E-state index is 0.312. The van der Waals surface area contributed by atoms with E-state index in [4.69, 9.17) is 4.74 Å². The summed E-state index contributed by atoms with van der Waals surface area (Å²) in [5.41, 5.74) is 0. The topological polar surface area (TPSA) is 26.3 Å². The zero-order valence-corrected chi connectivity index (χ0v) is 9.63. The van der Waals surface area contributed by atoms with Crippen molar-refractivity contribution < 1.29 is 9.53 Å². The Morgan fingerprint density at radius 3 is 2.50 bits per heavy atom.